The number of benzene rings is 2. The lowest BCUT2D eigenvalue weighted by Crippen LogP contribution is -2.24. The minimum atomic E-state index is -0.497. The van der Waals surface area contributed by atoms with Gasteiger partial charge in [-0.2, -0.15) is 0 Å². The highest BCUT2D eigenvalue weighted by molar-refractivity contribution is 8.00. The second kappa shape index (κ2) is 9.44. The van der Waals surface area contributed by atoms with Crippen LogP contribution in [0.1, 0.15) is 25.8 Å². The van der Waals surface area contributed by atoms with Crippen LogP contribution in [0.5, 0.6) is 5.75 Å². The molecule has 1 atom stereocenters. The van der Waals surface area contributed by atoms with Gasteiger partial charge in [-0.3, -0.25) is 18.6 Å². The number of methoxy groups -OCH3 is 1. The van der Waals surface area contributed by atoms with Crippen LogP contribution in [0.25, 0.3) is 16.7 Å². The fourth-order valence-electron chi connectivity index (χ4n) is 3.61. The largest absolute Gasteiger partial charge is 0.495 e. The number of nitrogens with zero attached hydrogens (tertiary/aromatic N) is 4. The van der Waals surface area contributed by atoms with Crippen molar-refractivity contribution in [1.29, 1.82) is 0 Å². The molecule has 172 valence electrons. The number of hydrogen-bond donors (Lipinski definition) is 1. The molecule has 0 spiro atoms. The van der Waals surface area contributed by atoms with Gasteiger partial charge in [0, 0.05) is 17.6 Å². The zero-order chi connectivity index (χ0) is 23.7. The van der Waals surface area contributed by atoms with Gasteiger partial charge >= 0.3 is 0 Å². The fourth-order valence-corrected chi connectivity index (χ4v) is 4.62. The lowest BCUT2D eigenvalue weighted by molar-refractivity contribution is -0.115. The molecule has 2 heterocycles. The third kappa shape index (κ3) is 4.30. The molecule has 0 radical (unpaired) electrons. The van der Waals surface area contributed by atoms with E-state index in [-0.39, 0.29) is 11.5 Å². The number of fused-ring (bicyclic) bond motifs is 3. The number of nitrogens with one attached hydrogen (secondary N) is 1. The van der Waals surface area contributed by atoms with Crippen LogP contribution in [-0.2, 0) is 11.3 Å². The normalized spacial score (nSPS) is 12.3. The Hall–Kier alpha value is -3.04. The van der Waals surface area contributed by atoms with Crippen LogP contribution in [0.3, 0.4) is 0 Å². The van der Waals surface area contributed by atoms with Gasteiger partial charge in [-0.1, -0.05) is 42.4 Å². The molecule has 1 amide bonds. The van der Waals surface area contributed by atoms with Gasteiger partial charge in [-0.15, -0.1) is 10.2 Å². The molecular weight excluding hydrogens is 462 g/mol. The zero-order valence-electron chi connectivity index (χ0n) is 18.8. The zero-order valence-corrected chi connectivity index (χ0v) is 20.3. The van der Waals surface area contributed by atoms with Gasteiger partial charge in [0.15, 0.2) is 5.16 Å². The highest BCUT2D eigenvalue weighted by Gasteiger charge is 2.22. The van der Waals surface area contributed by atoms with Crippen molar-refractivity contribution >= 4 is 51.6 Å². The first-order chi connectivity index (χ1) is 15.8. The Labute approximate surface area is 199 Å². The maximum absolute atomic E-state index is 13.0. The maximum atomic E-state index is 13.0. The Kier molecular flexibility index (Phi) is 6.62. The van der Waals surface area contributed by atoms with Crippen molar-refractivity contribution in [2.75, 3.05) is 12.4 Å². The van der Waals surface area contributed by atoms with E-state index in [2.05, 4.69) is 15.5 Å². The van der Waals surface area contributed by atoms with E-state index in [1.54, 1.807) is 29.7 Å². The van der Waals surface area contributed by atoms with Crippen LogP contribution < -0.4 is 15.6 Å². The second-order valence-electron chi connectivity index (χ2n) is 7.64. The van der Waals surface area contributed by atoms with Gasteiger partial charge in [0.2, 0.25) is 11.7 Å². The SMILES string of the molecule is CCCn1c(=O)c2ccccc2n2c(SC(C)C(=O)Nc3cc(C)c(Cl)cc3OC)nnc12. The summed E-state index contributed by atoms with van der Waals surface area (Å²) in [5, 5.41) is 12.7. The summed E-state index contributed by atoms with van der Waals surface area (Å²) in [6, 6.07) is 10.8. The number of amides is 1. The van der Waals surface area contributed by atoms with Gasteiger partial charge < -0.3 is 10.1 Å². The number of rotatable bonds is 7. The number of ether oxygens (including phenoxy) is 1. The quantitative estimate of drug-likeness (QED) is 0.386. The minimum Gasteiger partial charge on any atom is -0.495 e. The number of para-hydroxylation sites is 1. The van der Waals surface area contributed by atoms with Crippen LogP contribution in [-0.4, -0.2) is 37.4 Å². The number of hydrogen-bond acceptors (Lipinski definition) is 6. The van der Waals surface area contributed by atoms with Crippen LogP contribution in [0.15, 0.2) is 46.3 Å². The molecule has 8 nitrogen and oxygen atoms in total. The summed E-state index contributed by atoms with van der Waals surface area (Å²) in [6.45, 7) is 6.19. The predicted molar refractivity (Wildman–Crippen MR) is 132 cm³/mol. The lowest BCUT2D eigenvalue weighted by atomic mass is 10.2. The molecule has 0 aliphatic rings. The number of anilines is 1. The summed E-state index contributed by atoms with van der Waals surface area (Å²) in [5.74, 6) is 0.729. The van der Waals surface area contributed by atoms with Crippen molar-refractivity contribution in [3.8, 4) is 5.75 Å². The monoisotopic (exact) mass is 485 g/mol. The lowest BCUT2D eigenvalue weighted by Gasteiger charge is -2.15. The van der Waals surface area contributed by atoms with E-state index >= 15 is 0 Å². The Morgan fingerprint density at radius 2 is 2.03 bits per heavy atom. The standard InChI is InChI=1S/C23H24ClN5O3S/c1-5-10-28-21(31)15-8-6-7-9-18(15)29-22(28)26-27-23(29)33-14(3)20(30)25-17-11-13(2)16(24)12-19(17)32-4/h6-9,11-12,14H,5,10H2,1-4H3,(H,25,30). The van der Waals surface area contributed by atoms with E-state index < -0.39 is 5.25 Å². The Morgan fingerprint density at radius 1 is 1.27 bits per heavy atom. The Balaban J connectivity index is 1.69. The first kappa shape index (κ1) is 23.1. The summed E-state index contributed by atoms with van der Waals surface area (Å²) in [5.41, 5.74) is 1.99. The molecule has 4 aromatic rings. The van der Waals surface area contributed by atoms with E-state index in [0.717, 1.165) is 12.0 Å². The van der Waals surface area contributed by atoms with E-state index in [1.807, 2.05) is 36.4 Å². The van der Waals surface area contributed by atoms with Gasteiger partial charge in [-0.05, 0) is 44.0 Å². The smallest absolute Gasteiger partial charge is 0.262 e. The van der Waals surface area contributed by atoms with Crippen molar-refractivity contribution in [3.05, 3.63) is 57.3 Å². The topological polar surface area (TPSA) is 90.5 Å². The summed E-state index contributed by atoms with van der Waals surface area (Å²) in [4.78, 5) is 26.0. The molecule has 0 saturated carbocycles. The molecule has 0 aliphatic carbocycles. The van der Waals surface area contributed by atoms with Crippen LogP contribution >= 0.6 is 23.4 Å². The average Bonchev–Trinajstić information content (AvgIpc) is 3.22. The Bertz CT molecular complexity index is 1410. The van der Waals surface area contributed by atoms with Crippen molar-refractivity contribution in [2.45, 2.75) is 44.1 Å². The predicted octanol–water partition coefficient (Wildman–Crippen LogP) is 4.54. The van der Waals surface area contributed by atoms with Gasteiger partial charge in [-0.25, -0.2) is 0 Å². The summed E-state index contributed by atoms with van der Waals surface area (Å²) in [6.07, 6.45) is 0.782. The van der Waals surface area contributed by atoms with Gasteiger partial charge in [0.25, 0.3) is 5.56 Å². The second-order valence-corrected chi connectivity index (χ2v) is 9.36. The average molecular weight is 486 g/mol. The van der Waals surface area contributed by atoms with Crippen molar-refractivity contribution in [1.82, 2.24) is 19.2 Å². The fraction of sp³-hybridized carbons (Fsp3) is 0.304. The number of halogens is 1. The molecule has 2 aromatic heterocycles. The highest BCUT2D eigenvalue weighted by Crippen LogP contribution is 2.32. The summed E-state index contributed by atoms with van der Waals surface area (Å²) in [7, 11) is 1.53. The molecule has 33 heavy (non-hydrogen) atoms. The molecular formula is C23H24ClN5O3S. The molecule has 0 bridgehead atoms. The van der Waals surface area contributed by atoms with E-state index in [9.17, 15) is 9.59 Å². The summed E-state index contributed by atoms with van der Waals surface area (Å²) < 4.78 is 8.83. The third-order valence-electron chi connectivity index (χ3n) is 5.32. The van der Waals surface area contributed by atoms with Crippen LogP contribution in [0, 0.1) is 6.92 Å². The number of thioether (sulfide) groups is 1. The molecule has 1 unspecified atom stereocenters. The molecule has 10 heteroatoms. The first-order valence-corrected chi connectivity index (χ1v) is 11.8. The summed E-state index contributed by atoms with van der Waals surface area (Å²) >= 11 is 7.44. The number of aryl methyl sites for hydroxylation is 2. The highest BCUT2D eigenvalue weighted by atomic mass is 35.5. The van der Waals surface area contributed by atoms with E-state index in [1.165, 1.54) is 18.9 Å². The van der Waals surface area contributed by atoms with Crippen molar-refractivity contribution < 1.29 is 9.53 Å². The number of carbonyl (C=O) groups is 1. The number of carbonyl (C=O) groups excluding carboxylic acids is 1. The van der Waals surface area contributed by atoms with E-state index in [4.69, 9.17) is 16.3 Å². The molecule has 4 rings (SSSR count). The molecule has 0 fully saturated rings. The molecule has 1 N–H and O–H groups in total. The first-order valence-electron chi connectivity index (χ1n) is 10.5. The maximum Gasteiger partial charge on any atom is 0.262 e. The van der Waals surface area contributed by atoms with Crippen LogP contribution in [0.2, 0.25) is 5.02 Å². The molecule has 0 aliphatic heterocycles. The van der Waals surface area contributed by atoms with E-state index in [0.29, 0.717) is 44.8 Å². The Morgan fingerprint density at radius 3 is 2.76 bits per heavy atom. The van der Waals surface area contributed by atoms with Crippen molar-refractivity contribution in [3.63, 3.8) is 0 Å². The van der Waals surface area contributed by atoms with Crippen LogP contribution in [0.4, 0.5) is 5.69 Å². The van der Waals surface area contributed by atoms with Crippen molar-refractivity contribution in [2.24, 2.45) is 0 Å². The molecule has 2 aromatic carbocycles. The van der Waals surface area contributed by atoms with Gasteiger partial charge in [0.1, 0.15) is 5.75 Å². The molecule has 0 saturated heterocycles. The van der Waals surface area contributed by atoms with Gasteiger partial charge in [0.05, 0.1) is 29.0 Å². The minimum absolute atomic E-state index is 0.0973. The number of aromatic nitrogens is 4. The third-order valence-corrected chi connectivity index (χ3v) is 6.77.